The predicted molar refractivity (Wildman–Crippen MR) is 90.5 cm³/mol. The number of ether oxygens (including phenoxy) is 1. The van der Waals surface area contributed by atoms with Crippen molar-refractivity contribution in [3.63, 3.8) is 0 Å². The highest BCUT2D eigenvalue weighted by Gasteiger charge is 2.17. The van der Waals surface area contributed by atoms with Crippen molar-refractivity contribution in [3.8, 4) is 5.75 Å². The topological polar surface area (TPSA) is 35.2 Å². The summed E-state index contributed by atoms with van der Waals surface area (Å²) in [5.74, 6) is 0.796. The van der Waals surface area contributed by atoms with E-state index in [1.54, 1.807) is 0 Å². The van der Waals surface area contributed by atoms with Crippen LogP contribution in [-0.4, -0.2) is 6.61 Å². The number of nitrogens with two attached hydrogens (primary N) is 1. The van der Waals surface area contributed by atoms with E-state index in [2.05, 4.69) is 31.9 Å². The SMILES string of the molecule is CCOc1ccc(Br)cc1C(N)c1ccc(Cl)cc1Br. The largest absolute Gasteiger partial charge is 0.494 e. The van der Waals surface area contributed by atoms with Crippen LogP contribution in [0.25, 0.3) is 0 Å². The number of hydrogen-bond acceptors (Lipinski definition) is 2. The van der Waals surface area contributed by atoms with Gasteiger partial charge in [0, 0.05) is 19.5 Å². The van der Waals surface area contributed by atoms with Gasteiger partial charge in [-0.05, 0) is 42.8 Å². The van der Waals surface area contributed by atoms with Gasteiger partial charge < -0.3 is 10.5 Å². The molecule has 5 heteroatoms. The van der Waals surface area contributed by atoms with Crippen molar-refractivity contribution >= 4 is 43.5 Å². The molecule has 0 bridgehead atoms. The molecule has 106 valence electrons. The van der Waals surface area contributed by atoms with Crippen LogP contribution in [0.5, 0.6) is 5.75 Å². The van der Waals surface area contributed by atoms with Crippen LogP contribution in [0.4, 0.5) is 0 Å². The van der Waals surface area contributed by atoms with Gasteiger partial charge in [-0.3, -0.25) is 0 Å². The lowest BCUT2D eigenvalue weighted by Crippen LogP contribution is -2.14. The molecule has 1 atom stereocenters. The minimum absolute atomic E-state index is 0.291. The zero-order valence-electron chi connectivity index (χ0n) is 10.9. The fourth-order valence-corrected chi connectivity index (χ4v) is 3.28. The Morgan fingerprint density at radius 2 is 1.90 bits per heavy atom. The number of hydrogen-bond donors (Lipinski definition) is 1. The minimum atomic E-state index is -0.291. The fraction of sp³-hybridized carbons (Fsp3) is 0.200. The molecule has 0 fully saturated rings. The molecule has 2 N–H and O–H groups in total. The van der Waals surface area contributed by atoms with E-state index in [1.165, 1.54) is 0 Å². The quantitative estimate of drug-likeness (QED) is 0.729. The highest BCUT2D eigenvalue weighted by Crippen LogP contribution is 2.35. The molecule has 2 aromatic rings. The molecule has 0 aliphatic rings. The maximum Gasteiger partial charge on any atom is 0.124 e. The summed E-state index contributed by atoms with van der Waals surface area (Å²) in [7, 11) is 0. The maximum atomic E-state index is 6.39. The molecule has 0 saturated heterocycles. The van der Waals surface area contributed by atoms with Gasteiger partial charge >= 0.3 is 0 Å². The van der Waals surface area contributed by atoms with E-state index in [0.717, 1.165) is 25.8 Å². The van der Waals surface area contributed by atoms with Crippen LogP contribution in [0.2, 0.25) is 5.02 Å². The molecule has 0 saturated carbocycles. The van der Waals surface area contributed by atoms with Crippen LogP contribution in [0, 0.1) is 0 Å². The van der Waals surface area contributed by atoms with Crippen LogP contribution in [0.1, 0.15) is 24.1 Å². The van der Waals surface area contributed by atoms with Crippen LogP contribution >= 0.6 is 43.5 Å². The summed E-state index contributed by atoms with van der Waals surface area (Å²) in [4.78, 5) is 0. The molecule has 2 nitrogen and oxygen atoms in total. The van der Waals surface area contributed by atoms with Crippen molar-refractivity contribution in [3.05, 3.63) is 61.5 Å². The van der Waals surface area contributed by atoms with Crippen molar-refractivity contribution in [2.75, 3.05) is 6.61 Å². The molecule has 20 heavy (non-hydrogen) atoms. The van der Waals surface area contributed by atoms with Gasteiger partial charge in [0.1, 0.15) is 5.75 Å². The fourth-order valence-electron chi connectivity index (χ4n) is 1.97. The molecule has 0 spiro atoms. The predicted octanol–water partition coefficient (Wildman–Crippen LogP) is 5.31. The minimum Gasteiger partial charge on any atom is -0.494 e. The summed E-state index contributed by atoms with van der Waals surface area (Å²) < 4.78 is 7.51. The number of rotatable bonds is 4. The molecule has 2 rings (SSSR count). The van der Waals surface area contributed by atoms with Gasteiger partial charge in [0.15, 0.2) is 0 Å². The van der Waals surface area contributed by atoms with E-state index >= 15 is 0 Å². The first-order valence-electron chi connectivity index (χ1n) is 6.15. The standard InChI is InChI=1S/C15H14Br2ClNO/c1-2-20-14-6-3-9(16)7-12(14)15(19)11-5-4-10(18)8-13(11)17/h3-8,15H,2,19H2,1H3. The van der Waals surface area contributed by atoms with Crippen LogP contribution in [0.15, 0.2) is 45.3 Å². The average molecular weight is 420 g/mol. The Morgan fingerprint density at radius 3 is 2.55 bits per heavy atom. The molecule has 1 unspecified atom stereocenters. The second-order valence-electron chi connectivity index (χ2n) is 4.26. The number of benzene rings is 2. The van der Waals surface area contributed by atoms with Crippen LogP contribution < -0.4 is 10.5 Å². The van der Waals surface area contributed by atoms with E-state index in [-0.39, 0.29) is 6.04 Å². The van der Waals surface area contributed by atoms with E-state index in [9.17, 15) is 0 Å². The van der Waals surface area contributed by atoms with Crippen LogP contribution in [0.3, 0.4) is 0 Å². The Balaban J connectivity index is 2.46. The molecule has 0 aliphatic carbocycles. The number of halogens is 3. The van der Waals surface area contributed by atoms with Crippen molar-refractivity contribution < 1.29 is 4.74 Å². The zero-order valence-corrected chi connectivity index (χ0v) is 14.8. The van der Waals surface area contributed by atoms with E-state index in [4.69, 9.17) is 22.1 Å². The molecule has 0 aliphatic heterocycles. The third-order valence-electron chi connectivity index (χ3n) is 2.90. The Hall–Kier alpha value is -0.550. The molecular formula is C15H14Br2ClNO. The lowest BCUT2D eigenvalue weighted by atomic mass is 9.99. The summed E-state index contributed by atoms with van der Waals surface area (Å²) in [6, 6.07) is 11.2. The van der Waals surface area contributed by atoms with Gasteiger partial charge in [-0.15, -0.1) is 0 Å². The van der Waals surface area contributed by atoms with Gasteiger partial charge in [-0.25, -0.2) is 0 Å². The van der Waals surface area contributed by atoms with Crippen molar-refractivity contribution in [1.82, 2.24) is 0 Å². The van der Waals surface area contributed by atoms with E-state index < -0.39 is 0 Å². The molecule has 0 amide bonds. The Labute approximate surface area is 140 Å². The Morgan fingerprint density at radius 1 is 1.15 bits per heavy atom. The average Bonchev–Trinajstić information content (AvgIpc) is 2.40. The van der Waals surface area contributed by atoms with Gasteiger partial charge in [0.05, 0.1) is 12.6 Å². The van der Waals surface area contributed by atoms with E-state index in [0.29, 0.717) is 11.6 Å². The van der Waals surface area contributed by atoms with Crippen LogP contribution in [-0.2, 0) is 0 Å². The molecule has 0 aromatic heterocycles. The zero-order chi connectivity index (χ0) is 14.7. The van der Waals surface area contributed by atoms with Crippen molar-refractivity contribution in [1.29, 1.82) is 0 Å². The van der Waals surface area contributed by atoms with Gasteiger partial charge in [0.2, 0.25) is 0 Å². The molecular weight excluding hydrogens is 405 g/mol. The Bertz CT molecular complexity index is 619. The molecule has 0 heterocycles. The summed E-state index contributed by atoms with van der Waals surface area (Å²) >= 11 is 13.0. The lowest BCUT2D eigenvalue weighted by Gasteiger charge is -2.18. The molecule has 0 radical (unpaired) electrons. The lowest BCUT2D eigenvalue weighted by molar-refractivity contribution is 0.335. The van der Waals surface area contributed by atoms with Crippen molar-refractivity contribution in [2.24, 2.45) is 5.73 Å². The first-order chi connectivity index (χ1) is 9.52. The summed E-state index contributed by atoms with van der Waals surface area (Å²) in [5.41, 5.74) is 8.29. The highest BCUT2D eigenvalue weighted by molar-refractivity contribution is 9.10. The normalized spacial score (nSPS) is 12.2. The van der Waals surface area contributed by atoms with Crippen molar-refractivity contribution in [2.45, 2.75) is 13.0 Å². The first kappa shape index (κ1) is 15.8. The first-order valence-corrected chi connectivity index (χ1v) is 8.12. The second-order valence-corrected chi connectivity index (χ2v) is 6.47. The summed E-state index contributed by atoms with van der Waals surface area (Å²) in [5, 5.41) is 0.673. The van der Waals surface area contributed by atoms with E-state index in [1.807, 2.05) is 43.3 Å². The maximum absolute atomic E-state index is 6.39. The third-order valence-corrected chi connectivity index (χ3v) is 4.32. The van der Waals surface area contributed by atoms with Gasteiger partial charge in [-0.1, -0.05) is 49.5 Å². The monoisotopic (exact) mass is 417 g/mol. The second kappa shape index (κ2) is 6.94. The summed E-state index contributed by atoms with van der Waals surface area (Å²) in [6.45, 7) is 2.55. The summed E-state index contributed by atoms with van der Waals surface area (Å²) in [6.07, 6.45) is 0. The molecule has 2 aromatic carbocycles. The van der Waals surface area contributed by atoms with Gasteiger partial charge in [-0.2, -0.15) is 0 Å². The van der Waals surface area contributed by atoms with Gasteiger partial charge in [0.25, 0.3) is 0 Å². The highest BCUT2D eigenvalue weighted by atomic mass is 79.9. The smallest absolute Gasteiger partial charge is 0.124 e. The Kier molecular flexibility index (Phi) is 5.49. The third kappa shape index (κ3) is 3.55.